The second-order valence-electron chi connectivity index (χ2n) is 4.61. The first-order valence-corrected chi connectivity index (χ1v) is 6.97. The van der Waals surface area contributed by atoms with Crippen molar-refractivity contribution in [2.75, 3.05) is 11.4 Å². The minimum absolute atomic E-state index is 0.115. The molecule has 1 aliphatic rings. The zero-order chi connectivity index (χ0) is 14.3. The van der Waals surface area contributed by atoms with Crippen LogP contribution in [0.25, 0.3) is 0 Å². The summed E-state index contributed by atoms with van der Waals surface area (Å²) in [4.78, 5) is 13.8. The van der Waals surface area contributed by atoms with E-state index in [2.05, 4.69) is 0 Å². The predicted molar refractivity (Wildman–Crippen MR) is 72.4 cm³/mol. The predicted octanol–water partition coefficient (Wildman–Crippen LogP) is 3.29. The van der Waals surface area contributed by atoms with Gasteiger partial charge in [0.15, 0.2) is 11.6 Å². The lowest BCUT2D eigenvalue weighted by atomic mass is 10.1. The minimum atomic E-state index is -1.47. The highest BCUT2D eigenvalue weighted by molar-refractivity contribution is 7.10. The van der Waals surface area contributed by atoms with Crippen molar-refractivity contribution >= 4 is 23.0 Å². The van der Waals surface area contributed by atoms with Crippen LogP contribution >= 0.6 is 11.3 Å². The fourth-order valence-corrected chi connectivity index (χ4v) is 3.29. The van der Waals surface area contributed by atoms with E-state index in [1.807, 2.05) is 11.4 Å². The summed E-state index contributed by atoms with van der Waals surface area (Å²) in [5.41, 5.74) is 0.590. The van der Waals surface area contributed by atoms with Crippen molar-refractivity contribution in [3.63, 3.8) is 0 Å². The molecule has 3 nitrogen and oxygen atoms in total. The monoisotopic (exact) mass is 295 g/mol. The number of rotatable bonds is 2. The largest absolute Gasteiger partial charge is 0.478 e. The Labute approximate surface area is 118 Å². The normalized spacial score (nSPS) is 14.2. The highest BCUT2D eigenvalue weighted by Crippen LogP contribution is 2.31. The average molecular weight is 295 g/mol. The molecule has 0 saturated heterocycles. The fourth-order valence-electron chi connectivity index (χ4n) is 2.40. The van der Waals surface area contributed by atoms with Gasteiger partial charge in [-0.25, -0.2) is 13.6 Å². The van der Waals surface area contributed by atoms with Crippen LogP contribution in [0.1, 0.15) is 20.8 Å². The molecule has 6 heteroatoms. The van der Waals surface area contributed by atoms with Crippen LogP contribution in [-0.4, -0.2) is 17.6 Å². The molecular weight excluding hydrogens is 284 g/mol. The van der Waals surface area contributed by atoms with Crippen LogP contribution in [-0.2, 0) is 13.0 Å². The number of hydrogen-bond acceptors (Lipinski definition) is 3. The molecule has 0 fully saturated rings. The van der Waals surface area contributed by atoms with Crippen molar-refractivity contribution in [1.82, 2.24) is 0 Å². The summed E-state index contributed by atoms with van der Waals surface area (Å²) >= 11 is 1.66. The van der Waals surface area contributed by atoms with Crippen molar-refractivity contribution in [2.24, 2.45) is 0 Å². The van der Waals surface area contributed by atoms with E-state index in [-0.39, 0.29) is 5.69 Å². The third kappa shape index (κ3) is 2.06. The second-order valence-corrected chi connectivity index (χ2v) is 5.61. The van der Waals surface area contributed by atoms with Crippen LogP contribution in [0.4, 0.5) is 14.5 Å². The molecule has 2 heterocycles. The Kier molecular flexibility index (Phi) is 3.17. The molecule has 1 aliphatic heterocycles. The van der Waals surface area contributed by atoms with E-state index in [1.165, 1.54) is 10.9 Å². The smallest absolute Gasteiger partial charge is 0.338 e. The van der Waals surface area contributed by atoms with Crippen LogP contribution in [0.2, 0.25) is 0 Å². The van der Waals surface area contributed by atoms with Crippen LogP contribution in [0.5, 0.6) is 0 Å². The van der Waals surface area contributed by atoms with Gasteiger partial charge in [-0.2, -0.15) is 0 Å². The number of aromatic carboxylic acids is 1. The molecule has 1 N–H and O–H groups in total. The third-order valence-corrected chi connectivity index (χ3v) is 4.46. The fraction of sp³-hybridized carbons (Fsp3) is 0.214. The molecule has 1 aromatic heterocycles. The van der Waals surface area contributed by atoms with E-state index < -0.39 is 23.2 Å². The van der Waals surface area contributed by atoms with Crippen LogP contribution in [0.3, 0.4) is 0 Å². The van der Waals surface area contributed by atoms with E-state index in [1.54, 1.807) is 16.2 Å². The number of carboxylic acid groups (broad SMARTS) is 1. The molecule has 0 aliphatic carbocycles. The first-order valence-electron chi connectivity index (χ1n) is 6.09. The number of anilines is 1. The van der Waals surface area contributed by atoms with Gasteiger partial charge in [0.2, 0.25) is 0 Å². The van der Waals surface area contributed by atoms with Gasteiger partial charge in [0.05, 0.1) is 11.3 Å². The number of nitrogens with zero attached hydrogens (tertiary/aromatic N) is 1. The zero-order valence-corrected chi connectivity index (χ0v) is 11.2. The highest BCUT2D eigenvalue weighted by Gasteiger charge is 2.24. The van der Waals surface area contributed by atoms with Gasteiger partial charge in [0.25, 0.3) is 0 Å². The number of carbonyl (C=O) groups is 1. The maximum atomic E-state index is 14.0. The van der Waals surface area contributed by atoms with Crippen molar-refractivity contribution < 1.29 is 18.7 Å². The lowest BCUT2D eigenvalue weighted by Gasteiger charge is -2.29. The molecule has 1 aromatic carbocycles. The first-order chi connectivity index (χ1) is 9.58. The first kappa shape index (κ1) is 13.1. The summed E-state index contributed by atoms with van der Waals surface area (Å²) in [6.07, 6.45) is 0.786. The van der Waals surface area contributed by atoms with Gasteiger partial charge >= 0.3 is 5.97 Å². The topological polar surface area (TPSA) is 40.5 Å². The van der Waals surface area contributed by atoms with E-state index in [0.29, 0.717) is 13.1 Å². The van der Waals surface area contributed by atoms with Gasteiger partial charge in [0, 0.05) is 18.0 Å². The molecule has 0 amide bonds. The van der Waals surface area contributed by atoms with E-state index in [0.717, 1.165) is 18.1 Å². The van der Waals surface area contributed by atoms with Crippen molar-refractivity contribution in [3.8, 4) is 0 Å². The Balaban J connectivity index is 1.96. The molecule has 0 unspecified atom stereocenters. The van der Waals surface area contributed by atoms with Crippen molar-refractivity contribution in [2.45, 2.75) is 13.0 Å². The molecule has 0 bridgehead atoms. The molecule has 104 valence electrons. The Morgan fingerprint density at radius 2 is 2.05 bits per heavy atom. The second kappa shape index (κ2) is 4.86. The summed E-state index contributed by atoms with van der Waals surface area (Å²) < 4.78 is 27.8. The third-order valence-electron chi connectivity index (χ3n) is 3.44. The van der Waals surface area contributed by atoms with Crippen LogP contribution in [0.15, 0.2) is 23.6 Å². The maximum Gasteiger partial charge on any atom is 0.338 e. The van der Waals surface area contributed by atoms with E-state index >= 15 is 0 Å². The van der Waals surface area contributed by atoms with E-state index in [9.17, 15) is 13.6 Å². The Morgan fingerprint density at radius 1 is 1.25 bits per heavy atom. The zero-order valence-electron chi connectivity index (χ0n) is 10.4. The summed E-state index contributed by atoms with van der Waals surface area (Å²) in [5.74, 6) is -3.86. The lowest BCUT2D eigenvalue weighted by molar-refractivity contribution is 0.0690. The Morgan fingerprint density at radius 3 is 2.80 bits per heavy atom. The van der Waals surface area contributed by atoms with Gasteiger partial charge < -0.3 is 10.0 Å². The summed E-state index contributed by atoms with van der Waals surface area (Å²) in [5, 5.41) is 10.8. The standard InChI is InChI=1S/C14H11F2NO2S/c15-12-9(14(18)19)1-2-10(13(12)16)17-5-3-11-8(7-17)4-6-20-11/h1-2,4,6H,3,5,7H2,(H,18,19). The summed E-state index contributed by atoms with van der Waals surface area (Å²) in [6.45, 7) is 1.11. The molecule has 3 rings (SSSR count). The van der Waals surface area contributed by atoms with Gasteiger partial charge in [-0.15, -0.1) is 11.3 Å². The molecule has 20 heavy (non-hydrogen) atoms. The number of halogens is 2. The van der Waals surface area contributed by atoms with Gasteiger partial charge in [-0.1, -0.05) is 0 Å². The molecule has 0 spiro atoms. The lowest BCUT2D eigenvalue weighted by Crippen LogP contribution is -2.30. The number of thiophene rings is 1. The van der Waals surface area contributed by atoms with Gasteiger partial charge in [-0.3, -0.25) is 0 Å². The van der Waals surface area contributed by atoms with E-state index in [4.69, 9.17) is 5.11 Å². The molecular formula is C14H11F2NO2S. The summed E-state index contributed by atoms with van der Waals surface area (Å²) in [7, 11) is 0. The molecule has 0 radical (unpaired) electrons. The number of benzene rings is 1. The molecule has 0 saturated carbocycles. The maximum absolute atomic E-state index is 14.0. The highest BCUT2D eigenvalue weighted by atomic mass is 32.1. The van der Waals surface area contributed by atoms with Crippen LogP contribution < -0.4 is 4.90 Å². The Hall–Kier alpha value is -1.95. The number of fused-ring (bicyclic) bond motifs is 1. The number of hydrogen-bond donors (Lipinski definition) is 1. The molecule has 0 atom stereocenters. The minimum Gasteiger partial charge on any atom is -0.478 e. The van der Waals surface area contributed by atoms with Crippen molar-refractivity contribution in [1.29, 1.82) is 0 Å². The van der Waals surface area contributed by atoms with Crippen LogP contribution in [0, 0.1) is 11.6 Å². The number of carboxylic acids is 1. The summed E-state index contributed by atoms with van der Waals surface area (Å²) in [6, 6.07) is 4.42. The van der Waals surface area contributed by atoms with Gasteiger partial charge in [-0.05, 0) is 35.6 Å². The average Bonchev–Trinajstić information content (AvgIpc) is 2.88. The SMILES string of the molecule is O=C(O)c1ccc(N2CCc3sccc3C2)c(F)c1F. The molecule has 2 aromatic rings. The van der Waals surface area contributed by atoms with Crippen molar-refractivity contribution in [3.05, 3.63) is 51.2 Å². The van der Waals surface area contributed by atoms with Gasteiger partial charge in [0.1, 0.15) is 0 Å². The Bertz CT molecular complexity index is 684. The quantitative estimate of drug-likeness (QED) is 0.924.